The number of hydrogen-bond donors (Lipinski definition) is 0. The first-order valence-electron chi connectivity index (χ1n) is 12.3. The molecule has 0 N–H and O–H groups in total. The number of anilines is 1. The van der Waals surface area contributed by atoms with Crippen molar-refractivity contribution in [3.8, 4) is 22.6 Å². The monoisotopic (exact) mass is 494 g/mol. The minimum absolute atomic E-state index is 0.0721. The van der Waals surface area contributed by atoms with Crippen LogP contribution in [0.2, 0.25) is 0 Å². The SMILES string of the molecule is COC(=O)C(C)(C)c1ccc(-c2ccc3c(c2)C(=O)N(c2cccc(-c4nccn4C(C)C)n2)C3)cc1. The highest BCUT2D eigenvalue weighted by atomic mass is 16.5. The highest BCUT2D eigenvalue weighted by molar-refractivity contribution is 6.10. The zero-order valence-electron chi connectivity index (χ0n) is 21.7. The van der Waals surface area contributed by atoms with Crippen LogP contribution in [0.3, 0.4) is 0 Å². The Balaban J connectivity index is 1.41. The molecular weight excluding hydrogens is 464 g/mol. The van der Waals surface area contributed by atoms with E-state index in [-0.39, 0.29) is 17.9 Å². The van der Waals surface area contributed by atoms with Gasteiger partial charge < -0.3 is 9.30 Å². The summed E-state index contributed by atoms with van der Waals surface area (Å²) in [7, 11) is 1.40. The Kier molecular flexibility index (Phi) is 6.15. The summed E-state index contributed by atoms with van der Waals surface area (Å²) >= 11 is 0. The van der Waals surface area contributed by atoms with Crippen molar-refractivity contribution in [2.24, 2.45) is 0 Å². The molecule has 2 aromatic carbocycles. The largest absolute Gasteiger partial charge is 0.468 e. The van der Waals surface area contributed by atoms with Crippen molar-refractivity contribution in [1.29, 1.82) is 0 Å². The molecule has 5 rings (SSSR count). The lowest BCUT2D eigenvalue weighted by Crippen LogP contribution is -2.30. The molecule has 0 bridgehead atoms. The molecule has 0 unspecified atom stereocenters. The lowest BCUT2D eigenvalue weighted by molar-refractivity contribution is -0.146. The van der Waals surface area contributed by atoms with Crippen molar-refractivity contribution >= 4 is 17.7 Å². The van der Waals surface area contributed by atoms with Crippen molar-refractivity contribution in [2.75, 3.05) is 12.0 Å². The maximum absolute atomic E-state index is 13.5. The van der Waals surface area contributed by atoms with E-state index in [0.29, 0.717) is 17.9 Å². The number of fused-ring (bicyclic) bond motifs is 1. The van der Waals surface area contributed by atoms with Crippen LogP contribution in [0.1, 0.15) is 55.2 Å². The third-order valence-electron chi connectivity index (χ3n) is 7.01. The standard InChI is InChI=1S/C30H30N4O3/c1-19(2)33-16-15-31-27(33)25-7-6-8-26(32-25)34-18-22-10-9-21(17-24(22)28(34)35)20-11-13-23(14-12-20)30(3,4)29(36)37-5/h6-17,19H,18H2,1-5H3. The summed E-state index contributed by atoms with van der Waals surface area (Å²) in [5.41, 5.74) is 4.41. The highest BCUT2D eigenvalue weighted by Crippen LogP contribution is 2.33. The smallest absolute Gasteiger partial charge is 0.315 e. The predicted molar refractivity (Wildman–Crippen MR) is 143 cm³/mol. The first-order chi connectivity index (χ1) is 17.7. The zero-order valence-corrected chi connectivity index (χ0v) is 21.7. The molecule has 7 heteroatoms. The van der Waals surface area contributed by atoms with E-state index in [1.54, 1.807) is 11.1 Å². The summed E-state index contributed by atoms with van der Waals surface area (Å²) in [6.45, 7) is 8.35. The molecule has 0 saturated carbocycles. The molecule has 7 nitrogen and oxygen atoms in total. The summed E-state index contributed by atoms with van der Waals surface area (Å²) in [5.74, 6) is 1.03. The third kappa shape index (κ3) is 4.31. The average Bonchev–Trinajstić information content (AvgIpc) is 3.53. The van der Waals surface area contributed by atoms with Crippen LogP contribution in [0.25, 0.3) is 22.6 Å². The second kappa shape index (κ2) is 9.32. The molecule has 3 heterocycles. The molecule has 0 saturated heterocycles. The van der Waals surface area contributed by atoms with Crippen LogP contribution < -0.4 is 4.90 Å². The van der Waals surface area contributed by atoms with E-state index in [1.807, 2.05) is 80.7 Å². The fraction of sp³-hybridized carbons (Fsp3) is 0.267. The average molecular weight is 495 g/mol. The number of aromatic nitrogens is 3. The van der Waals surface area contributed by atoms with Crippen LogP contribution in [0.15, 0.2) is 73.1 Å². The summed E-state index contributed by atoms with van der Waals surface area (Å²) < 4.78 is 7.01. The molecule has 0 spiro atoms. The maximum atomic E-state index is 13.5. The number of carbonyl (C=O) groups excluding carboxylic acids is 2. The lowest BCUT2D eigenvalue weighted by atomic mass is 9.84. The van der Waals surface area contributed by atoms with Gasteiger partial charge in [-0.3, -0.25) is 14.5 Å². The van der Waals surface area contributed by atoms with E-state index in [0.717, 1.165) is 33.8 Å². The van der Waals surface area contributed by atoms with E-state index in [2.05, 4.69) is 23.4 Å². The molecule has 0 radical (unpaired) electrons. The van der Waals surface area contributed by atoms with Crippen LogP contribution in [0.4, 0.5) is 5.82 Å². The third-order valence-corrected chi connectivity index (χ3v) is 7.01. The molecule has 37 heavy (non-hydrogen) atoms. The predicted octanol–water partition coefficient (Wildman–Crippen LogP) is 5.80. The lowest BCUT2D eigenvalue weighted by Gasteiger charge is -2.22. The van der Waals surface area contributed by atoms with Gasteiger partial charge >= 0.3 is 5.97 Å². The number of rotatable bonds is 6. The van der Waals surface area contributed by atoms with Crippen molar-refractivity contribution in [3.63, 3.8) is 0 Å². The summed E-state index contributed by atoms with van der Waals surface area (Å²) in [4.78, 5) is 36.6. The Morgan fingerprint density at radius 1 is 1.03 bits per heavy atom. The highest BCUT2D eigenvalue weighted by Gasteiger charge is 2.32. The number of esters is 1. The van der Waals surface area contributed by atoms with Gasteiger partial charge in [-0.15, -0.1) is 0 Å². The number of amides is 1. The fourth-order valence-corrected chi connectivity index (χ4v) is 4.74. The van der Waals surface area contributed by atoms with Crippen LogP contribution in [0, 0.1) is 0 Å². The normalized spacial score (nSPS) is 13.2. The Morgan fingerprint density at radius 2 is 1.76 bits per heavy atom. The number of pyridine rings is 1. The van der Waals surface area contributed by atoms with Crippen molar-refractivity contribution in [1.82, 2.24) is 14.5 Å². The van der Waals surface area contributed by atoms with E-state index < -0.39 is 5.41 Å². The van der Waals surface area contributed by atoms with Gasteiger partial charge in [0.05, 0.1) is 19.1 Å². The molecule has 4 aromatic rings. The van der Waals surface area contributed by atoms with Gasteiger partial charge in [0.25, 0.3) is 5.91 Å². The number of methoxy groups -OCH3 is 1. The number of imidazole rings is 1. The molecule has 1 aliphatic heterocycles. The van der Waals surface area contributed by atoms with Crippen molar-refractivity contribution in [3.05, 3.63) is 89.7 Å². The van der Waals surface area contributed by atoms with E-state index >= 15 is 0 Å². The minimum Gasteiger partial charge on any atom is -0.468 e. The van der Waals surface area contributed by atoms with Crippen LogP contribution >= 0.6 is 0 Å². The Bertz CT molecular complexity index is 1480. The second-order valence-electron chi connectivity index (χ2n) is 10.1. The molecular formula is C30H30N4O3. The van der Waals surface area contributed by atoms with Gasteiger partial charge in [-0.2, -0.15) is 0 Å². The molecule has 2 aromatic heterocycles. The molecule has 0 atom stereocenters. The molecule has 1 amide bonds. The quantitative estimate of drug-likeness (QED) is 0.317. The van der Waals surface area contributed by atoms with Crippen LogP contribution in [-0.4, -0.2) is 33.5 Å². The number of nitrogens with zero attached hydrogens (tertiary/aromatic N) is 4. The zero-order chi connectivity index (χ0) is 26.3. The van der Waals surface area contributed by atoms with Gasteiger partial charge in [-0.25, -0.2) is 9.97 Å². The van der Waals surface area contributed by atoms with Crippen LogP contribution in [-0.2, 0) is 21.5 Å². The first kappa shape index (κ1) is 24.4. The van der Waals surface area contributed by atoms with E-state index in [4.69, 9.17) is 9.72 Å². The van der Waals surface area contributed by atoms with Gasteiger partial charge in [-0.05, 0) is 68.1 Å². The topological polar surface area (TPSA) is 77.3 Å². The van der Waals surface area contributed by atoms with Crippen molar-refractivity contribution < 1.29 is 14.3 Å². The van der Waals surface area contributed by atoms with Gasteiger partial charge in [0, 0.05) is 24.0 Å². The first-order valence-corrected chi connectivity index (χ1v) is 12.3. The number of ether oxygens (including phenoxy) is 1. The van der Waals surface area contributed by atoms with Gasteiger partial charge in [0.1, 0.15) is 11.5 Å². The minimum atomic E-state index is -0.741. The molecule has 0 aliphatic carbocycles. The van der Waals surface area contributed by atoms with E-state index in [1.165, 1.54) is 7.11 Å². The number of benzene rings is 2. The Labute approximate surface area is 216 Å². The Morgan fingerprint density at radius 3 is 2.46 bits per heavy atom. The summed E-state index contributed by atoms with van der Waals surface area (Å²) in [6.07, 6.45) is 3.71. The number of carbonyl (C=O) groups is 2. The van der Waals surface area contributed by atoms with E-state index in [9.17, 15) is 9.59 Å². The molecule has 1 aliphatic rings. The Hall–Kier alpha value is -4.26. The van der Waals surface area contributed by atoms with Gasteiger partial charge in [0.2, 0.25) is 0 Å². The summed E-state index contributed by atoms with van der Waals surface area (Å²) in [6, 6.07) is 19.7. The molecule has 188 valence electrons. The van der Waals surface area contributed by atoms with Crippen LogP contribution in [0.5, 0.6) is 0 Å². The summed E-state index contributed by atoms with van der Waals surface area (Å²) in [5, 5.41) is 0. The van der Waals surface area contributed by atoms with Gasteiger partial charge in [0.15, 0.2) is 5.82 Å². The fourth-order valence-electron chi connectivity index (χ4n) is 4.74. The number of hydrogen-bond acceptors (Lipinski definition) is 5. The molecule has 0 fully saturated rings. The maximum Gasteiger partial charge on any atom is 0.315 e. The van der Waals surface area contributed by atoms with Gasteiger partial charge in [-0.1, -0.05) is 42.5 Å². The second-order valence-corrected chi connectivity index (χ2v) is 10.1. The van der Waals surface area contributed by atoms with Crippen molar-refractivity contribution in [2.45, 2.75) is 45.7 Å².